The van der Waals surface area contributed by atoms with Crippen molar-refractivity contribution < 1.29 is 14.0 Å². The summed E-state index contributed by atoms with van der Waals surface area (Å²) in [5, 5.41) is 5.83. The van der Waals surface area contributed by atoms with Crippen LogP contribution in [0.4, 0.5) is 4.39 Å². The number of carbonyl (C=O) groups excluding carboxylic acids is 2. The molecular formula is C14H18FN3O2. The van der Waals surface area contributed by atoms with Crippen molar-refractivity contribution in [2.75, 3.05) is 26.2 Å². The topological polar surface area (TPSA) is 61.4 Å². The van der Waals surface area contributed by atoms with E-state index in [0.717, 1.165) is 0 Å². The molecule has 5 nitrogen and oxygen atoms in total. The van der Waals surface area contributed by atoms with Gasteiger partial charge in [0.05, 0.1) is 0 Å². The molecule has 20 heavy (non-hydrogen) atoms. The maximum atomic E-state index is 12.9. The Bertz CT molecular complexity index is 490. The van der Waals surface area contributed by atoms with Crippen molar-refractivity contribution in [2.45, 2.75) is 13.0 Å². The Morgan fingerprint density at radius 2 is 2.10 bits per heavy atom. The van der Waals surface area contributed by atoms with Gasteiger partial charge in [0.2, 0.25) is 5.91 Å². The first kappa shape index (κ1) is 14.5. The molecule has 1 saturated heterocycles. The molecule has 0 saturated carbocycles. The Kier molecular flexibility index (Phi) is 4.68. The lowest BCUT2D eigenvalue weighted by molar-refractivity contribution is -0.126. The molecule has 1 aliphatic rings. The zero-order valence-corrected chi connectivity index (χ0v) is 11.4. The van der Waals surface area contributed by atoms with Gasteiger partial charge in [-0.3, -0.25) is 9.59 Å². The normalized spacial score (nSPS) is 18.7. The van der Waals surface area contributed by atoms with Crippen LogP contribution in [0.3, 0.4) is 0 Å². The van der Waals surface area contributed by atoms with Gasteiger partial charge in [-0.2, -0.15) is 0 Å². The van der Waals surface area contributed by atoms with Crippen molar-refractivity contribution in [3.05, 3.63) is 35.6 Å². The van der Waals surface area contributed by atoms with E-state index in [1.54, 1.807) is 0 Å². The number of hydrogen-bond donors (Lipinski definition) is 2. The van der Waals surface area contributed by atoms with Gasteiger partial charge in [0.25, 0.3) is 5.91 Å². The first-order chi connectivity index (χ1) is 9.63. The maximum Gasteiger partial charge on any atom is 0.254 e. The molecule has 1 unspecified atom stereocenters. The molecule has 2 amide bonds. The molecule has 1 aliphatic heterocycles. The van der Waals surface area contributed by atoms with Crippen LogP contribution in [0.5, 0.6) is 0 Å². The standard InChI is InChI=1S/C14H18FN3O2/c1-2-17-13(19)12-9-16-7-8-18(12)14(20)10-3-5-11(15)6-4-10/h3-6,12,16H,2,7-9H2,1H3,(H,17,19). The van der Waals surface area contributed by atoms with Crippen molar-refractivity contribution in [3.63, 3.8) is 0 Å². The van der Waals surface area contributed by atoms with Crippen LogP contribution in [0.1, 0.15) is 17.3 Å². The molecule has 1 aromatic carbocycles. The number of likely N-dealkylation sites (N-methyl/N-ethyl adjacent to an activating group) is 1. The summed E-state index contributed by atoms with van der Waals surface area (Å²) in [4.78, 5) is 26.0. The summed E-state index contributed by atoms with van der Waals surface area (Å²) < 4.78 is 12.9. The molecule has 0 spiro atoms. The Balaban J connectivity index is 2.16. The minimum atomic E-state index is -0.527. The third kappa shape index (κ3) is 3.14. The van der Waals surface area contributed by atoms with E-state index in [4.69, 9.17) is 0 Å². The van der Waals surface area contributed by atoms with E-state index in [-0.39, 0.29) is 17.6 Å². The molecular weight excluding hydrogens is 261 g/mol. The molecule has 108 valence electrons. The second-order valence-corrected chi connectivity index (χ2v) is 4.62. The quantitative estimate of drug-likeness (QED) is 0.840. The van der Waals surface area contributed by atoms with Crippen LogP contribution in [-0.4, -0.2) is 48.9 Å². The summed E-state index contributed by atoms with van der Waals surface area (Å²) in [6, 6.07) is 4.84. The third-order valence-electron chi connectivity index (χ3n) is 3.25. The van der Waals surface area contributed by atoms with E-state index in [1.807, 2.05) is 6.92 Å². The van der Waals surface area contributed by atoms with Gasteiger partial charge in [0.1, 0.15) is 11.9 Å². The molecule has 0 aliphatic carbocycles. The van der Waals surface area contributed by atoms with Crippen LogP contribution >= 0.6 is 0 Å². The molecule has 2 N–H and O–H groups in total. The third-order valence-corrected chi connectivity index (χ3v) is 3.25. The van der Waals surface area contributed by atoms with E-state index in [0.29, 0.717) is 31.7 Å². The predicted molar refractivity (Wildman–Crippen MR) is 72.8 cm³/mol. The Morgan fingerprint density at radius 1 is 1.40 bits per heavy atom. The second kappa shape index (κ2) is 6.47. The molecule has 6 heteroatoms. The van der Waals surface area contributed by atoms with Gasteiger partial charge in [0.15, 0.2) is 0 Å². The van der Waals surface area contributed by atoms with E-state index in [2.05, 4.69) is 10.6 Å². The number of halogens is 1. The number of hydrogen-bond acceptors (Lipinski definition) is 3. The van der Waals surface area contributed by atoms with Crippen molar-refractivity contribution in [2.24, 2.45) is 0 Å². The van der Waals surface area contributed by atoms with Gasteiger partial charge in [-0.25, -0.2) is 4.39 Å². The van der Waals surface area contributed by atoms with Crippen LogP contribution in [0, 0.1) is 5.82 Å². The summed E-state index contributed by atoms with van der Waals surface area (Å²) in [5.41, 5.74) is 0.391. The van der Waals surface area contributed by atoms with Crippen LogP contribution in [0.15, 0.2) is 24.3 Å². The molecule has 0 bridgehead atoms. The van der Waals surface area contributed by atoms with Gasteiger partial charge < -0.3 is 15.5 Å². The smallest absolute Gasteiger partial charge is 0.254 e. The fraction of sp³-hybridized carbons (Fsp3) is 0.429. The summed E-state index contributed by atoms with van der Waals surface area (Å²) >= 11 is 0. The first-order valence-electron chi connectivity index (χ1n) is 6.68. The maximum absolute atomic E-state index is 12.9. The fourth-order valence-electron chi connectivity index (χ4n) is 2.23. The van der Waals surface area contributed by atoms with Gasteiger partial charge >= 0.3 is 0 Å². The van der Waals surface area contributed by atoms with Crippen molar-refractivity contribution in [3.8, 4) is 0 Å². The highest BCUT2D eigenvalue weighted by molar-refractivity contribution is 5.97. The number of piperazine rings is 1. The Morgan fingerprint density at radius 3 is 2.75 bits per heavy atom. The minimum absolute atomic E-state index is 0.171. The van der Waals surface area contributed by atoms with Crippen LogP contribution < -0.4 is 10.6 Å². The molecule has 0 aromatic heterocycles. The van der Waals surface area contributed by atoms with E-state index < -0.39 is 6.04 Å². The highest BCUT2D eigenvalue weighted by Crippen LogP contribution is 2.12. The highest BCUT2D eigenvalue weighted by atomic mass is 19.1. The van der Waals surface area contributed by atoms with Gasteiger partial charge in [-0.1, -0.05) is 0 Å². The molecule has 0 radical (unpaired) electrons. The van der Waals surface area contributed by atoms with Crippen LogP contribution in [0.2, 0.25) is 0 Å². The lowest BCUT2D eigenvalue weighted by atomic mass is 10.1. The largest absolute Gasteiger partial charge is 0.355 e. The average molecular weight is 279 g/mol. The number of amides is 2. The monoisotopic (exact) mass is 279 g/mol. The number of rotatable bonds is 3. The molecule has 2 rings (SSSR count). The van der Waals surface area contributed by atoms with E-state index in [9.17, 15) is 14.0 Å². The molecule has 1 fully saturated rings. The van der Waals surface area contributed by atoms with Crippen molar-refractivity contribution in [1.82, 2.24) is 15.5 Å². The SMILES string of the molecule is CCNC(=O)C1CNCCN1C(=O)c1ccc(F)cc1. The van der Waals surface area contributed by atoms with Crippen LogP contribution in [-0.2, 0) is 4.79 Å². The zero-order chi connectivity index (χ0) is 14.5. The first-order valence-corrected chi connectivity index (χ1v) is 6.68. The molecule has 1 heterocycles. The van der Waals surface area contributed by atoms with Gasteiger partial charge in [-0.15, -0.1) is 0 Å². The lowest BCUT2D eigenvalue weighted by Crippen LogP contribution is -2.59. The summed E-state index contributed by atoms with van der Waals surface area (Å²) in [6.45, 7) is 3.88. The lowest BCUT2D eigenvalue weighted by Gasteiger charge is -2.35. The van der Waals surface area contributed by atoms with Crippen molar-refractivity contribution >= 4 is 11.8 Å². The van der Waals surface area contributed by atoms with Crippen LogP contribution in [0.25, 0.3) is 0 Å². The second-order valence-electron chi connectivity index (χ2n) is 4.62. The Hall–Kier alpha value is -1.95. The minimum Gasteiger partial charge on any atom is -0.355 e. The van der Waals surface area contributed by atoms with Crippen molar-refractivity contribution in [1.29, 1.82) is 0 Å². The highest BCUT2D eigenvalue weighted by Gasteiger charge is 2.32. The van der Waals surface area contributed by atoms with E-state index in [1.165, 1.54) is 29.2 Å². The predicted octanol–water partition coefficient (Wildman–Crippen LogP) is 0.376. The summed E-state index contributed by atoms with van der Waals surface area (Å²) in [6.07, 6.45) is 0. The van der Waals surface area contributed by atoms with Gasteiger partial charge in [0, 0.05) is 31.7 Å². The molecule has 1 atom stereocenters. The fourth-order valence-corrected chi connectivity index (χ4v) is 2.23. The average Bonchev–Trinajstić information content (AvgIpc) is 2.47. The number of nitrogens with zero attached hydrogens (tertiary/aromatic N) is 1. The number of nitrogens with one attached hydrogen (secondary N) is 2. The zero-order valence-electron chi connectivity index (χ0n) is 11.4. The summed E-state index contributed by atoms with van der Waals surface area (Å²) in [7, 11) is 0. The Labute approximate surface area is 117 Å². The number of carbonyl (C=O) groups is 2. The number of benzene rings is 1. The molecule has 1 aromatic rings. The van der Waals surface area contributed by atoms with Gasteiger partial charge in [-0.05, 0) is 31.2 Å². The summed E-state index contributed by atoms with van der Waals surface area (Å²) in [5.74, 6) is -0.806. The van der Waals surface area contributed by atoms with E-state index >= 15 is 0 Å².